The van der Waals surface area contributed by atoms with Crippen LogP contribution in [0.5, 0.6) is 0 Å². The predicted molar refractivity (Wildman–Crippen MR) is 60.8 cm³/mol. The molecule has 1 atom stereocenters. The number of nitrogens with zero attached hydrogens (tertiary/aromatic N) is 2. The molecule has 6 nitrogen and oxygen atoms in total. The normalized spacial score (nSPS) is 11.5. The molecule has 1 aromatic rings. The number of carboxylic acid groups (broad SMARTS) is 1. The van der Waals surface area contributed by atoms with Crippen LogP contribution in [0.1, 0.15) is 12.5 Å². The van der Waals surface area contributed by atoms with Gasteiger partial charge in [-0.3, -0.25) is 14.9 Å². The molecule has 0 fully saturated rings. The van der Waals surface area contributed by atoms with Gasteiger partial charge in [-0.15, -0.1) is 11.8 Å². The van der Waals surface area contributed by atoms with Gasteiger partial charge in [-0.1, -0.05) is 0 Å². The summed E-state index contributed by atoms with van der Waals surface area (Å²) in [6, 6.07) is 5.59. The minimum atomic E-state index is -1.00. The Morgan fingerprint density at radius 2 is 2.29 bits per heavy atom. The number of nitro benzene ring substituents is 1. The first kappa shape index (κ1) is 13.0. The molecule has 0 bridgehead atoms. The van der Waals surface area contributed by atoms with Crippen molar-refractivity contribution in [2.45, 2.75) is 17.1 Å². The number of aliphatic carboxylic acids is 1. The van der Waals surface area contributed by atoms with Crippen LogP contribution in [0.25, 0.3) is 0 Å². The van der Waals surface area contributed by atoms with Gasteiger partial charge in [-0.2, -0.15) is 5.26 Å². The van der Waals surface area contributed by atoms with E-state index in [1.807, 2.05) is 6.07 Å². The molecule has 17 heavy (non-hydrogen) atoms. The maximum atomic E-state index is 10.7. The summed E-state index contributed by atoms with van der Waals surface area (Å²) in [5.41, 5.74) is -0.0776. The lowest BCUT2D eigenvalue weighted by molar-refractivity contribution is -0.384. The second-order valence-corrected chi connectivity index (χ2v) is 4.53. The number of non-ortho nitro benzene ring substituents is 1. The van der Waals surface area contributed by atoms with E-state index in [-0.39, 0.29) is 11.3 Å². The Kier molecular flexibility index (Phi) is 4.06. The molecule has 7 heteroatoms. The molecule has 0 spiro atoms. The second-order valence-electron chi connectivity index (χ2n) is 3.15. The van der Waals surface area contributed by atoms with Gasteiger partial charge in [0.1, 0.15) is 11.3 Å². The highest BCUT2D eigenvalue weighted by atomic mass is 32.2. The lowest BCUT2D eigenvalue weighted by Crippen LogP contribution is -2.11. The molecule has 0 radical (unpaired) electrons. The van der Waals surface area contributed by atoms with E-state index in [1.54, 1.807) is 0 Å². The molecule has 1 N–H and O–H groups in total. The quantitative estimate of drug-likeness (QED) is 0.499. The van der Waals surface area contributed by atoms with Gasteiger partial charge in [0.15, 0.2) is 0 Å². The van der Waals surface area contributed by atoms with E-state index in [1.165, 1.54) is 19.1 Å². The number of thioether (sulfide) groups is 1. The molecule has 0 amide bonds. The lowest BCUT2D eigenvalue weighted by atomic mass is 10.2. The monoisotopic (exact) mass is 252 g/mol. The number of rotatable bonds is 4. The van der Waals surface area contributed by atoms with Crippen LogP contribution in [0.4, 0.5) is 5.69 Å². The zero-order chi connectivity index (χ0) is 13.0. The van der Waals surface area contributed by atoms with Gasteiger partial charge in [0.05, 0.1) is 10.5 Å². The van der Waals surface area contributed by atoms with Gasteiger partial charge in [-0.25, -0.2) is 0 Å². The standard InChI is InChI=1S/C10H8N2O4S/c1-6(10(13)14)17-9-3-2-8(12(15)16)4-7(9)5-11/h2-4,6H,1H3,(H,13,14). The molecule has 0 aliphatic heterocycles. The highest BCUT2D eigenvalue weighted by molar-refractivity contribution is 8.00. The van der Waals surface area contributed by atoms with E-state index in [9.17, 15) is 14.9 Å². The third-order valence-corrected chi connectivity index (χ3v) is 3.11. The average Bonchev–Trinajstić information content (AvgIpc) is 2.28. The Labute approximate surface area is 101 Å². The Balaban J connectivity index is 3.06. The van der Waals surface area contributed by atoms with Crippen molar-refractivity contribution in [3.05, 3.63) is 33.9 Å². The van der Waals surface area contributed by atoms with Crippen LogP contribution in [0.15, 0.2) is 23.1 Å². The van der Waals surface area contributed by atoms with Crippen molar-refractivity contribution < 1.29 is 14.8 Å². The summed E-state index contributed by atoms with van der Waals surface area (Å²) < 4.78 is 0. The van der Waals surface area contributed by atoms with E-state index < -0.39 is 16.1 Å². The molecule has 0 saturated heterocycles. The summed E-state index contributed by atoms with van der Waals surface area (Å²) >= 11 is 0.979. The predicted octanol–water partition coefficient (Wildman–Crippen LogP) is 2.03. The first-order valence-electron chi connectivity index (χ1n) is 4.53. The number of carboxylic acids is 1. The average molecular weight is 252 g/mol. The van der Waals surface area contributed by atoms with Gasteiger partial charge in [-0.05, 0) is 13.0 Å². The third kappa shape index (κ3) is 3.19. The molecule has 1 aromatic carbocycles. The molecule has 0 aromatic heterocycles. The van der Waals surface area contributed by atoms with E-state index in [0.29, 0.717) is 4.90 Å². The van der Waals surface area contributed by atoms with Crippen molar-refractivity contribution in [1.29, 1.82) is 5.26 Å². The SMILES string of the molecule is CC(Sc1ccc([N+](=O)[O-])cc1C#N)C(=O)O. The van der Waals surface area contributed by atoms with E-state index in [4.69, 9.17) is 10.4 Å². The first-order valence-corrected chi connectivity index (χ1v) is 5.41. The van der Waals surface area contributed by atoms with Crippen LogP contribution in [0.3, 0.4) is 0 Å². The van der Waals surface area contributed by atoms with Crippen LogP contribution in [-0.2, 0) is 4.79 Å². The lowest BCUT2D eigenvalue weighted by Gasteiger charge is -2.07. The van der Waals surface area contributed by atoms with E-state index in [2.05, 4.69) is 0 Å². The summed E-state index contributed by atoms with van der Waals surface area (Å²) in [5, 5.41) is 27.4. The molecular formula is C10H8N2O4S. The van der Waals surface area contributed by atoms with Gasteiger partial charge in [0, 0.05) is 17.0 Å². The fraction of sp³-hybridized carbons (Fsp3) is 0.200. The zero-order valence-corrected chi connectivity index (χ0v) is 9.60. The highest BCUT2D eigenvalue weighted by Gasteiger charge is 2.17. The number of hydrogen-bond acceptors (Lipinski definition) is 5. The summed E-state index contributed by atoms with van der Waals surface area (Å²) in [7, 11) is 0. The number of carbonyl (C=O) groups is 1. The van der Waals surface area contributed by atoms with Gasteiger partial charge >= 0.3 is 5.97 Å². The maximum absolute atomic E-state index is 10.7. The number of hydrogen-bond donors (Lipinski definition) is 1. The van der Waals surface area contributed by atoms with Crippen molar-refractivity contribution in [3.63, 3.8) is 0 Å². The zero-order valence-electron chi connectivity index (χ0n) is 8.78. The molecule has 88 valence electrons. The van der Waals surface area contributed by atoms with Crippen LogP contribution >= 0.6 is 11.8 Å². The summed E-state index contributed by atoms with van der Waals surface area (Å²) in [5.74, 6) is -1.00. The molecule has 0 saturated carbocycles. The van der Waals surface area contributed by atoms with E-state index >= 15 is 0 Å². The third-order valence-electron chi connectivity index (χ3n) is 1.95. The fourth-order valence-corrected chi connectivity index (χ4v) is 1.92. The van der Waals surface area contributed by atoms with Crippen molar-refractivity contribution in [1.82, 2.24) is 0 Å². The largest absolute Gasteiger partial charge is 0.480 e. The number of benzene rings is 1. The van der Waals surface area contributed by atoms with Crippen molar-refractivity contribution >= 4 is 23.4 Å². The Hall–Kier alpha value is -2.07. The van der Waals surface area contributed by atoms with Crippen LogP contribution in [0.2, 0.25) is 0 Å². The Bertz CT molecular complexity index is 510. The molecular weight excluding hydrogens is 244 g/mol. The van der Waals surface area contributed by atoms with Crippen LogP contribution < -0.4 is 0 Å². The minimum Gasteiger partial charge on any atom is -0.480 e. The fourth-order valence-electron chi connectivity index (χ4n) is 1.06. The van der Waals surface area contributed by atoms with Gasteiger partial charge in [0.2, 0.25) is 0 Å². The molecule has 1 rings (SSSR count). The highest BCUT2D eigenvalue weighted by Crippen LogP contribution is 2.29. The number of nitro groups is 1. The Morgan fingerprint density at radius 1 is 1.65 bits per heavy atom. The van der Waals surface area contributed by atoms with Crippen LogP contribution in [0, 0.1) is 21.4 Å². The second kappa shape index (κ2) is 5.32. The molecule has 0 heterocycles. The smallest absolute Gasteiger partial charge is 0.316 e. The summed E-state index contributed by atoms with van der Waals surface area (Å²) in [4.78, 5) is 21.0. The first-order chi connectivity index (χ1) is 7.95. The number of nitriles is 1. The van der Waals surface area contributed by atoms with Gasteiger partial charge < -0.3 is 5.11 Å². The summed E-state index contributed by atoms with van der Waals surface area (Å²) in [6.07, 6.45) is 0. The van der Waals surface area contributed by atoms with Crippen molar-refractivity contribution in [3.8, 4) is 6.07 Å². The summed E-state index contributed by atoms with van der Waals surface area (Å²) in [6.45, 7) is 1.48. The van der Waals surface area contributed by atoms with E-state index in [0.717, 1.165) is 17.8 Å². The molecule has 0 aliphatic carbocycles. The van der Waals surface area contributed by atoms with Crippen molar-refractivity contribution in [2.75, 3.05) is 0 Å². The van der Waals surface area contributed by atoms with Gasteiger partial charge in [0.25, 0.3) is 5.69 Å². The molecule has 0 aliphatic rings. The maximum Gasteiger partial charge on any atom is 0.316 e. The topological polar surface area (TPSA) is 104 Å². The minimum absolute atomic E-state index is 0.109. The molecule has 1 unspecified atom stereocenters. The van der Waals surface area contributed by atoms with Crippen molar-refractivity contribution in [2.24, 2.45) is 0 Å². The Morgan fingerprint density at radius 3 is 2.76 bits per heavy atom. The van der Waals surface area contributed by atoms with Crippen LogP contribution in [-0.4, -0.2) is 21.2 Å².